The number of likely N-dealkylation sites (tertiary alicyclic amines) is 1. The molecule has 0 bridgehead atoms. The third-order valence-electron chi connectivity index (χ3n) is 5.02. The molecule has 1 fully saturated rings. The van der Waals surface area contributed by atoms with Crippen molar-refractivity contribution < 1.29 is 14.3 Å². The summed E-state index contributed by atoms with van der Waals surface area (Å²) in [7, 11) is 0. The number of carbonyl (C=O) groups is 1. The summed E-state index contributed by atoms with van der Waals surface area (Å²) in [6.45, 7) is 7.73. The Bertz CT molecular complexity index is 742. The van der Waals surface area contributed by atoms with E-state index in [1.54, 1.807) is 23.5 Å². The fourth-order valence-electron chi connectivity index (χ4n) is 3.64. The Balaban J connectivity index is 1.69. The van der Waals surface area contributed by atoms with Crippen LogP contribution in [0.25, 0.3) is 0 Å². The predicted octanol–water partition coefficient (Wildman–Crippen LogP) is 4.50. The standard InChI is InChI=1S/C22H30N2O3S/c1-3-26-20-9-8-17(14-21(20)27-4-2)22(25)23-15-19(18-10-13-28-16-18)24-11-6-5-7-12-24/h8-10,13-14,16,19H,3-7,11-12,15H2,1-2H3,(H,23,25). The lowest BCUT2D eigenvalue weighted by Crippen LogP contribution is -2.40. The van der Waals surface area contributed by atoms with E-state index in [-0.39, 0.29) is 11.9 Å². The van der Waals surface area contributed by atoms with Gasteiger partial charge in [-0.25, -0.2) is 0 Å². The second kappa shape index (κ2) is 10.5. The monoisotopic (exact) mass is 402 g/mol. The fraction of sp³-hybridized carbons (Fsp3) is 0.500. The van der Waals surface area contributed by atoms with Crippen molar-refractivity contribution in [2.75, 3.05) is 32.8 Å². The van der Waals surface area contributed by atoms with Gasteiger partial charge in [-0.05, 0) is 80.4 Å². The van der Waals surface area contributed by atoms with E-state index in [0.717, 1.165) is 13.1 Å². The first-order valence-electron chi connectivity index (χ1n) is 10.2. The molecule has 152 valence electrons. The van der Waals surface area contributed by atoms with E-state index in [4.69, 9.17) is 9.47 Å². The molecule has 1 atom stereocenters. The molecule has 0 aliphatic carbocycles. The fourth-order valence-corrected chi connectivity index (χ4v) is 4.34. The first-order chi connectivity index (χ1) is 13.7. The van der Waals surface area contributed by atoms with Gasteiger partial charge in [0.25, 0.3) is 5.91 Å². The topological polar surface area (TPSA) is 50.8 Å². The van der Waals surface area contributed by atoms with Crippen molar-refractivity contribution >= 4 is 17.2 Å². The highest BCUT2D eigenvalue weighted by molar-refractivity contribution is 7.07. The maximum atomic E-state index is 12.8. The number of nitrogens with zero attached hydrogens (tertiary/aromatic N) is 1. The number of carbonyl (C=O) groups excluding carboxylic acids is 1. The van der Waals surface area contributed by atoms with Crippen molar-refractivity contribution in [2.45, 2.75) is 39.2 Å². The number of hydrogen-bond acceptors (Lipinski definition) is 5. The van der Waals surface area contributed by atoms with E-state index in [9.17, 15) is 4.79 Å². The van der Waals surface area contributed by atoms with Crippen LogP contribution in [0.15, 0.2) is 35.0 Å². The molecule has 0 radical (unpaired) electrons. The summed E-state index contributed by atoms with van der Waals surface area (Å²) < 4.78 is 11.2. The molecule has 1 unspecified atom stereocenters. The Morgan fingerprint density at radius 2 is 1.86 bits per heavy atom. The first kappa shape index (κ1) is 20.7. The molecule has 1 amide bonds. The van der Waals surface area contributed by atoms with Gasteiger partial charge >= 0.3 is 0 Å². The molecule has 5 nitrogen and oxygen atoms in total. The molecule has 1 aromatic carbocycles. The number of rotatable bonds is 9. The molecule has 3 rings (SSSR count). The lowest BCUT2D eigenvalue weighted by Gasteiger charge is -2.34. The van der Waals surface area contributed by atoms with E-state index in [1.165, 1.54) is 24.8 Å². The van der Waals surface area contributed by atoms with Crippen molar-refractivity contribution in [1.29, 1.82) is 0 Å². The Morgan fingerprint density at radius 1 is 1.11 bits per heavy atom. The smallest absolute Gasteiger partial charge is 0.251 e. The molecule has 1 N–H and O–H groups in total. The highest BCUT2D eigenvalue weighted by Gasteiger charge is 2.23. The summed E-state index contributed by atoms with van der Waals surface area (Å²) in [5, 5.41) is 7.43. The molecular weight excluding hydrogens is 372 g/mol. The molecule has 2 aromatic rings. The normalized spacial score (nSPS) is 15.8. The summed E-state index contributed by atoms with van der Waals surface area (Å²) in [4.78, 5) is 15.3. The number of piperidine rings is 1. The van der Waals surface area contributed by atoms with Crippen LogP contribution in [0.3, 0.4) is 0 Å². The molecule has 2 heterocycles. The van der Waals surface area contributed by atoms with Crippen LogP contribution >= 0.6 is 11.3 Å². The van der Waals surface area contributed by atoms with Gasteiger partial charge in [0.2, 0.25) is 0 Å². The van der Waals surface area contributed by atoms with Crippen LogP contribution in [-0.2, 0) is 0 Å². The minimum absolute atomic E-state index is 0.0822. The van der Waals surface area contributed by atoms with Crippen molar-refractivity contribution in [3.05, 3.63) is 46.2 Å². The summed E-state index contributed by atoms with van der Waals surface area (Å²) in [6, 6.07) is 7.77. The van der Waals surface area contributed by atoms with Crippen LogP contribution in [0.1, 0.15) is 55.1 Å². The molecule has 1 saturated heterocycles. The van der Waals surface area contributed by atoms with Crippen molar-refractivity contribution in [3.63, 3.8) is 0 Å². The minimum atomic E-state index is -0.0822. The van der Waals surface area contributed by atoms with Crippen molar-refractivity contribution in [1.82, 2.24) is 10.2 Å². The summed E-state index contributed by atoms with van der Waals surface area (Å²) >= 11 is 1.71. The van der Waals surface area contributed by atoms with E-state index in [2.05, 4.69) is 27.0 Å². The number of thiophene rings is 1. The lowest BCUT2D eigenvalue weighted by atomic mass is 10.0. The summed E-state index contributed by atoms with van der Waals surface area (Å²) in [5.41, 5.74) is 1.88. The van der Waals surface area contributed by atoms with Gasteiger partial charge in [0.1, 0.15) is 0 Å². The maximum Gasteiger partial charge on any atom is 0.251 e. The number of ether oxygens (including phenoxy) is 2. The molecule has 1 aromatic heterocycles. The second-order valence-corrected chi connectivity index (χ2v) is 7.69. The highest BCUT2D eigenvalue weighted by atomic mass is 32.1. The van der Waals surface area contributed by atoms with Crippen LogP contribution in [0.5, 0.6) is 11.5 Å². The Hall–Kier alpha value is -2.05. The minimum Gasteiger partial charge on any atom is -0.490 e. The number of nitrogens with one attached hydrogen (secondary N) is 1. The zero-order chi connectivity index (χ0) is 19.8. The average molecular weight is 403 g/mol. The number of amides is 1. The molecular formula is C22H30N2O3S. The van der Waals surface area contributed by atoms with E-state index in [1.807, 2.05) is 19.9 Å². The highest BCUT2D eigenvalue weighted by Crippen LogP contribution is 2.29. The average Bonchev–Trinajstić information content (AvgIpc) is 3.25. The number of benzene rings is 1. The van der Waals surface area contributed by atoms with Gasteiger partial charge in [0.15, 0.2) is 11.5 Å². The van der Waals surface area contributed by atoms with Crippen molar-refractivity contribution in [3.8, 4) is 11.5 Å². The zero-order valence-electron chi connectivity index (χ0n) is 16.8. The molecule has 6 heteroatoms. The Kier molecular flexibility index (Phi) is 7.74. The maximum absolute atomic E-state index is 12.8. The van der Waals surface area contributed by atoms with Gasteiger partial charge in [-0.2, -0.15) is 11.3 Å². The summed E-state index contributed by atoms with van der Waals surface area (Å²) in [6.07, 6.45) is 3.75. The third-order valence-corrected chi connectivity index (χ3v) is 5.72. The Labute approximate surface area is 171 Å². The van der Waals surface area contributed by atoms with E-state index < -0.39 is 0 Å². The number of hydrogen-bond donors (Lipinski definition) is 1. The van der Waals surface area contributed by atoms with Crippen LogP contribution in [-0.4, -0.2) is 43.7 Å². The quantitative estimate of drug-likeness (QED) is 0.671. The van der Waals surface area contributed by atoms with Gasteiger partial charge in [-0.1, -0.05) is 6.42 Å². The third kappa shape index (κ3) is 5.26. The largest absolute Gasteiger partial charge is 0.490 e. The molecule has 0 saturated carbocycles. The van der Waals surface area contributed by atoms with Gasteiger partial charge in [0.05, 0.1) is 19.3 Å². The molecule has 1 aliphatic heterocycles. The zero-order valence-corrected chi connectivity index (χ0v) is 17.6. The van der Waals surface area contributed by atoms with Crippen molar-refractivity contribution in [2.24, 2.45) is 0 Å². The van der Waals surface area contributed by atoms with E-state index >= 15 is 0 Å². The van der Waals surface area contributed by atoms with E-state index in [0.29, 0.717) is 36.8 Å². The predicted molar refractivity (Wildman–Crippen MR) is 114 cm³/mol. The summed E-state index contributed by atoms with van der Waals surface area (Å²) in [5.74, 6) is 1.20. The molecule has 1 aliphatic rings. The second-order valence-electron chi connectivity index (χ2n) is 6.91. The lowest BCUT2D eigenvalue weighted by molar-refractivity contribution is 0.0924. The van der Waals surface area contributed by atoms with Gasteiger partial charge in [-0.3, -0.25) is 9.69 Å². The SMILES string of the molecule is CCOc1ccc(C(=O)NCC(c2ccsc2)N2CCCCC2)cc1OCC. The Morgan fingerprint density at radius 3 is 2.54 bits per heavy atom. The molecule has 0 spiro atoms. The van der Waals surface area contributed by atoms with Crippen LogP contribution in [0.4, 0.5) is 0 Å². The van der Waals surface area contributed by atoms with Crippen LogP contribution in [0.2, 0.25) is 0 Å². The van der Waals surface area contributed by atoms with Gasteiger partial charge in [-0.15, -0.1) is 0 Å². The van der Waals surface area contributed by atoms with Crippen LogP contribution in [0, 0.1) is 0 Å². The molecule has 28 heavy (non-hydrogen) atoms. The van der Waals surface area contributed by atoms with Crippen LogP contribution < -0.4 is 14.8 Å². The van der Waals surface area contributed by atoms with Gasteiger partial charge in [0, 0.05) is 12.1 Å². The van der Waals surface area contributed by atoms with Gasteiger partial charge < -0.3 is 14.8 Å². The first-order valence-corrected chi connectivity index (χ1v) is 11.1.